The SMILES string of the molecule is CCCc1nc(N)cc(NCc2cncs2)n1. The zero-order valence-corrected chi connectivity index (χ0v) is 10.5. The molecule has 2 aromatic rings. The lowest BCUT2D eigenvalue weighted by molar-refractivity contribution is 0.837. The van der Waals surface area contributed by atoms with Gasteiger partial charge in [0.1, 0.15) is 17.5 Å². The molecule has 5 nitrogen and oxygen atoms in total. The van der Waals surface area contributed by atoms with Crippen molar-refractivity contribution in [1.82, 2.24) is 15.0 Å². The Kier molecular flexibility index (Phi) is 3.87. The number of nitrogens with two attached hydrogens (primary N) is 1. The van der Waals surface area contributed by atoms with Crippen molar-refractivity contribution in [3.63, 3.8) is 0 Å². The van der Waals surface area contributed by atoms with Gasteiger partial charge in [-0.1, -0.05) is 6.92 Å². The molecule has 0 aliphatic heterocycles. The molecule has 0 saturated heterocycles. The maximum absolute atomic E-state index is 5.74. The van der Waals surface area contributed by atoms with Crippen LogP contribution >= 0.6 is 11.3 Å². The molecule has 0 fully saturated rings. The van der Waals surface area contributed by atoms with E-state index in [9.17, 15) is 0 Å². The van der Waals surface area contributed by atoms with Crippen molar-refractivity contribution < 1.29 is 0 Å². The molecule has 0 amide bonds. The first-order valence-electron chi connectivity index (χ1n) is 5.52. The molecule has 0 spiro atoms. The van der Waals surface area contributed by atoms with E-state index in [1.165, 1.54) is 4.88 Å². The van der Waals surface area contributed by atoms with Gasteiger partial charge in [-0.15, -0.1) is 11.3 Å². The first-order valence-corrected chi connectivity index (χ1v) is 6.40. The average Bonchev–Trinajstić information content (AvgIpc) is 2.79. The van der Waals surface area contributed by atoms with Gasteiger partial charge in [0.25, 0.3) is 0 Å². The largest absolute Gasteiger partial charge is 0.384 e. The van der Waals surface area contributed by atoms with E-state index in [2.05, 4.69) is 27.2 Å². The fourth-order valence-electron chi connectivity index (χ4n) is 1.45. The first kappa shape index (κ1) is 11.8. The van der Waals surface area contributed by atoms with Gasteiger partial charge in [0.15, 0.2) is 0 Å². The van der Waals surface area contributed by atoms with Gasteiger partial charge >= 0.3 is 0 Å². The smallest absolute Gasteiger partial charge is 0.133 e. The maximum Gasteiger partial charge on any atom is 0.133 e. The van der Waals surface area contributed by atoms with Gasteiger partial charge in [0, 0.05) is 23.6 Å². The molecular formula is C11H15N5S. The van der Waals surface area contributed by atoms with E-state index in [-0.39, 0.29) is 0 Å². The second-order valence-electron chi connectivity index (χ2n) is 3.67. The van der Waals surface area contributed by atoms with E-state index >= 15 is 0 Å². The van der Waals surface area contributed by atoms with Crippen molar-refractivity contribution in [1.29, 1.82) is 0 Å². The highest BCUT2D eigenvalue weighted by atomic mass is 32.1. The molecule has 0 aliphatic rings. The standard InChI is InChI=1S/C11H15N5S/c1-2-3-10-15-9(12)4-11(16-10)14-6-8-5-13-7-17-8/h4-5,7H,2-3,6H2,1H3,(H3,12,14,15,16). The number of anilines is 2. The van der Waals surface area contributed by atoms with Crippen molar-refractivity contribution >= 4 is 23.0 Å². The highest BCUT2D eigenvalue weighted by molar-refractivity contribution is 7.09. The Morgan fingerprint density at radius 2 is 2.29 bits per heavy atom. The molecule has 3 N–H and O–H groups in total. The number of nitrogens with one attached hydrogen (secondary N) is 1. The van der Waals surface area contributed by atoms with Crippen LogP contribution in [0.1, 0.15) is 24.0 Å². The van der Waals surface area contributed by atoms with E-state index < -0.39 is 0 Å². The predicted octanol–water partition coefficient (Wildman–Crippen LogP) is 2.08. The Morgan fingerprint density at radius 3 is 3.00 bits per heavy atom. The minimum Gasteiger partial charge on any atom is -0.384 e. The van der Waals surface area contributed by atoms with Gasteiger partial charge < -0.3 is 11.1 Å². The number of nitrogen functional groups attached to an aromatic ring is 1. The number of hydrogen-bond acceptors (Lipinski definition) is 6. The Balaban J connectivity index is 2.04. The summed E-state index contributed by atoms with van der Waals surface area (Å²) < 4.78 is 0. The Hall–Kier alpha value is -1.69. The number of thiazole rings is 1. The van der Waals surface area contributed by atoms with Crippen LogP contribution in [0.4, 0.5) is 11.6 Å². The summed E-state index contributed by atoms with van der Waals surface area (Å²) in [6.45, 7) is 2.81. The number of rotatable bonds is 5. The van der Waals surface area contributed by atoms with Gasteiger partial charge in [-0.05, 0) is 6.42 Å². The van der Waals surface area contributed by atoms with Crippen molar-refractivity contribution in [3.05, 3.63) is 28.5 Å². The van der Waals surface area contributed by atoms with Crippen molar-refractivity contribution in [2.45, 2.75) is 26.3 Å². The quantitative estimate of drug-likeness (QED) is 0.848. The van der Waals surface area contributed by atoms with Gasteiger partial charge in [0.05, 0.1) is 12.1 Å². The van der Waals surface area contributed by atoms with Gasteiger partial charge in [-0.2, -0.15) is 0 Å². The summed E-state index contributed by atoms with van der Waals surface area (Å²) in [5, 5.41) is 3.23. The minimum absolute atomic E-state index is 0.509. The van der Waals surface area contributed by atoms with E-state index in [0.29, 0.717) is 12.4 Å². The molecule has 0 saturated carbocycles. The number of aryl methyl sites for hydroxylation is 1. The normalized spacial score (nSPS) is 10.4. The summed E-state index contributed by atoms with van der Waals surface area (Å²) in [6.07, 6.45) is 3.70. The summed E-state index contributed by atoms with van der Waals surface area (Å²) in [5.41, 5.74) is 7.55. The molecule has 2 heterocycles. The van der Waals surface area contributed by atoms with Crippen LogP contribution in [-0.2, 0) is 13.0 Å². The summed E-state index contributed by atoms with van der Waals surface area (Å²) >= 11 is 1.61. The Bertz CT molecular complexity index is 469. The van der Waals surface area contributed by atoms with Crippen LogP contribution in [-0.4, -0.2) is 15.0 Å². The number of aromatic nitrogens is 3. The topological polar surface area (TPSA) is 76.7 Å². The molecule has 6 heteroatoms. The summed E-state index contributed by atoms with van der Waals surface area (Å²) in [4.78, 5) is 13.8. The van der Waals surface area contributed by atoms with Crippen molar-refractivity contribution in [3.8, 4) is 0 Å². The molecule has 0 aromatic carbocycles. The zero-order chi connectivity index (χ0) is 12.1. The van der Waals surface area contributed by atoms with Crippen LogP contribution in [0.25, 0.3) is 0 Å². The lowest BCUT2D eigenvalue weighted by atomic mass is 10.3. The highest BCUT2D eigenvalue weighted by Gasteiger charge is 2.02. The highest BCUT2D eigenvalue weighted by Crippen LogP contribution is 2.12. The van der Waals surface area contributed by atoms with Gasteiger partial charge in [-0.3, -0.25) is 4.98 Å². The first-order chi connectivity index (χ1) is 8.28. The van der Waals surface area contributed by atoms with Gasteiger partial charge in [0.2, 0.25) is 0 Å². The minimum atomic E-state index is 0.509. The Morgan fingerprint density at radius 1 is 1.41 bits per heavy atom. The van der Waals surface area contributed by atoms with E-state index in [1.54, 1.807) is 17.4 Å². The molecule has 0 bridgehead atoms. The second kappa shape index (κ2) is 5.58. The molecule has 17 heavy (non-hydrogen) atoms. The summed E-state index contributed by atoms with van der Waals surface area (Å²) in [5.74, 6) is 2.07. The van der Waals surface area contributed by atoms with Crippen molar-refractivity contribution in [2.24, 2.45) is 0 Å². The fourth-order valence-corrected chi connectivity index (χ4v) is 1.99. The molecule has 0 aliphatic carbocycles. The average molecular weight is 249 g/mol. The molecule has 0 atom stereocenters. The molecule has 0 radical (unpaired) electrons. The van der Waals surface area contributed by atoms with Crippen LogP contribution in [0.5, 0.6) is 0 Å². The van der Waals surface area contributed by atoms with Crippen LogP contribution in [0, 0.1) is 0 Å². The number of nitrogens with zero attached hydrogens (tertiary/aromatic N) is 3. The van der Waals surface area contributed by atoms with Crippen LogP contribution in [0.3, 0.4) is 0 Å². The van der Waals surface area contributed by atoms with Crippen molar-refractivity contribution in [2.75, 3.05) is 11.1 Å². The second-order valence-corrected chi connectivity index (χ2v) is 4.64. The zero-order valence-electron chi connectivity index (χ0n) is 9.68. The monoisotopic (exact) mass is 249 g/mol. The predicted molar refractivity (Wildman–Crippen MR) is 69.9 cm³/mol. The van der Waals surface area contributed by atoms with E-state index in [4.69, 9.17) is 5.73 Å². The molecular weight excluding hydrogens is 234 g/mol. The molecule has 2 aromatic heterocycles. The third-order valence-electron chi connectivity index (χ3n) is 2.19. The number of hydrogen-bond donors (Lipinski definition) is 2. The van der Waals surface area contributed by atoms with Crippen LogP contribution in [0.15, 0.2) is 17.8 Å². The van der Waals surface area contributed by atoms with E-state index in [0.717, 1.165) is 24.5 Å². The summed E-state index contributed by atoms with van der Waals surface area (Å²) in [6, 6.07) is 1.75. The summed E-state index contributed by atoms with van der Waals surface area (Å²) in [7, 11) is 0. The van der Waals surface area contributed by atoms with E-state index in [1.807, 2.05) is 11.7 Å². The molecule has 2 rings (SSSR count). The van der Waals surface area contributed by atoms with Gasteiger partial charge in [-0.25, -0.2) is 9.97 Å². The third kappa shape index (κ3) is 3.39. The fraction of sp³-hybridized carbons (Fsp3) is 0.364. The lowest BCUT2D eigenvalue weighted by Gasteiger charge is -2.06. The lowest BCUT2D eigenvalue weighted by Crippen LogP contribution is -2.05. The maximum atomic E-state index is 5.74. The molecule has 90 valence electrons. The van der Waals surface area contributed by atoms with Crippen LogP contribution in [0.2, 0.25) is 0 Å². The third-order valence-corrected chi connectivity index (χ3v) is 2.97. The Labute approximate surface area is 104 Å². The van der Waals surface area contributed by atoms with Crippen LogP contribution < -0.4 is 11.1 Å². The molecule has 0 unspecified atom stereocenters.